The van der Waals surface area contributed by atoms with Crippen LogP contribution in [0.5, 0.6) is 5.75 Å². The van der Waals surface area contributed by atoms with Crippen molar-refractivity contribution in [2.45, 2.75) is 69.4 Å². The Morgan fingerprint density at radius 1 is 1.21 bits per heavy atom. The number of sulfonamides is 1. The average molecular weight is 636 g/mol. The number of aromatic nitrogens is 2. The van der Waals surface area contributed by atoms with E-state index in [2.05, 4.69) is 26.9 Å². The monoisotopic (exact) mass is 635 g/mol. The maximum atomic E-state index is 14.1. The number of amides is 3. The number of methoxy groups -OCH3 is 1. The Labute approximate surface area is 254 Å². The summed E-state index contributed by atoms with van der Waals surface area (Å²) in [5.41, 5.74) is -2.99. The Hall–Kier alpha value is -3.91. The second kappa shape index (κ2) is 11.6. The van der Waals surface area contributed by atoms with E-state index in [0.29, 0.717) is 24.2 Å². The van der Waals surface area contributed by atoms with Crippen molar-refractivity contribution in [3.63, 3.8) is 0 Å². The molecule has 0 saturated heterocycles. The SMILES string of the molecule is C=C[C@@H]1C[C@]1(NC(=O)C(c1ccc(OC)cc1)n1c(C)c(Cl)nc(NC(=O)OC(C)(C)C)c1=O)C(=O)NS(=O)(=O)C1CC1. The highest BCUT2D eigenvalue weighted by Gasteiger charge is 2.61. The lowest BCUT2D eigenvalue weighted by atomic mass is 10.0. The fourth-order valence-corrected chi connectivity index (χ4v) is 6.13. The van der Waals surface area contributed by atoms with Crippen LogP contribution in [0.2, 0.25) is 5.15 Å². The molecule has 0 aliphatic heterocycles. The van der Waals surface area contributed by atoms with E-state index in [1.807, 2.05) is 0 Å². The number of hydrogen-bond acceptors (Lipinski definition) is 9. The van der Waals surface area contributed by atoms with Gasteiger partial charge in [0.15, 0.2) is 5.15 Å². The zero-order chi connectivity index (χ0) is 31.9. The Balaban J connectivity index is 1.77. The third kappa shape index (κ3) is 6.85. The smallest absolute Gasteiger partial charge is 0.413 e. The molecule has 0 spiro atoms. The predicted molar refractivity (Wildman–Crippen MR) is 158 cm³/mol. The van der Waals surface area contributed by atoms with Crippen LogP contribution in [0.1, 0.15) is 57.3 Å². The number of halogens is 1. The summed E-state index contributed by atoms with van der Waals surface area (Å²) in [6, 6.07) is 4.81. The van der Waals surface area contributed by atoms with Gasteiger partial charge in [0.1, 0.15) is 22.9 Å². The van der Waals surface area contributed by atoms with Gasteiger partial charge >= 0.3 is 6.09 Å². The summed E-state index contributed by atoms with van der Waals surface area (Å²) in [5.74, 6) is -2.29. The number of anilines is 1. The Morgan fingerprint density at radius 3 is 2.35 bits per heavy atom. The number of rotatable bonds is 10. The summed E-state index contributed by atoms with van der Waals surface area (Å²) in [5, 5.41) is 4.13. The minimum atomic E-state index is -3.91. The highest BCUT2D eigenvalue weighted by atomic mass is 35.5. The van der Waals surface area contributed by atoms with E-state index < -0.39 is 67.7 Å². The van der Waals surface area contributed by atoms with Gasteiger partial charge in [0.05, 0.1) is 18.1 Å². The van der Waals surface area contributed by atoms with Crippen LogP contribution in [0, 0.1) is 12.8 Å². The largest absolute Gasteiger partial charge is 0.497 e. The van der Waals surface area contributed by atoms with E-state index in [9.17, 15) is 27.6 Å². The predicted octanol–water partition coefficient (Wildman–Crippen LogP) is 2.82. The zero-order valence-corrected chi connectivity index (χ0v) is 26.0. The van der Waals surface area contributed by atoms with Crippen LogP contribution in [0.4, 0.5) is 10.6 Å². The number of ether oxygens (including phenoxy) is 2. The summed E-state index contributed by atoms with van der Waals surface area (Å²) >= 11 is 6.38. The molecule has 15 heteroatoms. The summed E-state index contributed by atoms with van der Waals surface area (Å²) in [4.78, 5) is 57.7. The van der Waals surface area contributed by atoms with E-state index in [4.69, 9.17) is 21.1 Å². The molecular weight excluding hydrogens is 602 g/mol. The van der Waals surface area contributed by atoms with E-state index in [1.165, 1.54) is 20.1 Å². The van der Waals surface area contributed by atoms with Crippen molar-refractivity contribution in [1.82, 2.24) is 19.6 Å². The first-order valence-corrected chi connectivity index (χ1v) is 15.4. The first-order chi connectivity index (χ1) is 20.0. The van der Waals surface area contributed by atoms with Gasteiger partial charge in [0.2, 0.25) is 21.7 Å². The van der Waals surface area contributed by atoms with E-state index >= 15 is 0 Å². The maximum absolute atomic E-state index is 14.1. The van der Waals surface area contributed by atoms with Gasteiger partial charge in [-0.3, -0.25) is 29.0 Å². The number of carbonyl (C=O) groups excluding carboxylic acids is 3. The first kappa shape index (κ1) is 32.0. The summed E-state index contributed by atoms with van der Waals surface area (Å²) in [6.45, 7) is 10.1. The molecule has 3 N–H and O–H groups in total. The Bertz CT molecular complexity index is 1630. The third-order valence-electron chi connectivity index (χ3n) is 7.10. The van der Waals surface area contributed by atoms with Crippen molar-refractivity contribution in [2.24, 2.45) is 5.92 Å². The summed E-state index contributed by atoms with van der Waals surface area (Å²) in [6.07, 6.45) is 1.47. The van der Waals surface area contributed by atoms with Gasteiger partial charge in [0.25, 0.3) is 11.5 Å². The number of nitrogens with one attached hydrogen (secondary N) is 3. The topological polar surface area (TPSA) is 175 Å². The summed E-state index contributed by atoms with van der Waals surface area (Å²) in [7, 11) is -2.45. The maximum Gasteiger partial charge on any atom is 0.413 e. The van der Waals surface area contributed by atoms with Gasteiger partial charge in [-0.2, -0.15) is 0 Å². The normalized spacial score (nSPS) is 20.4. The van der Waals surface area contributed by atoms with Gasteiger partial charge in [-0.1, -0.05) is 29.8 Å². The molecule has 3 atom stereocenters. The van der Waals surface area contributed by atoms with Gasteiger partial charge in [-0.25, -0.2) is 18.2 Å². The molecule has 0 radical (unpaired) electrons. The molecule has 1 aromatic heterocycles. The molecule has 1 aromatic carbocycles. The van der Waals surface area contributed by atoms with Crippen LogP contribution in [0.25, 0.3) is 0 Å². The van der Waals surface area contributed by atoms with Gasteiger partial charge < -0.3 is 14.8 Å². The van der Waals surface area contributed by atoms with Crippen molar-refractivity contribution in [1.29, 1.82) is 0 Å². The molecule has 2 aliphatic carbocycles. The second-order valence-electron chi connectivity index (χ2n) is 11.5. The number of benzene rings is 1. The molecule has 1 unspecified atom stereocenters. The van der Waals surface area contributed by atoms with Crippen molar-refractivity contribution in [2.75, 3.05) is 12.4 Å². The molecule has 0 bridgehead atoms. The zero-order valence-electron chi connectivity index (χ0n) is 24.4. The lowest BCUT2D eigenvalue weighted by Gasteiger charge is -2.26. The lowest BCUT2D eigenvalue weighted by Crippen LogP contribution is -2.54. The molecule has 2 aromatic rings. The van der Waals surface area contributed by atoms with Gasteiger partial charge in [-0.15, -0.1) is 6.58 Å². The number of hydrogen-bond donors (Lipinski definition) is 3. The Kier molecular flexibility index (Phi) is 8.67. The first-order valence-electron chi connectivity index (χ1n) is 13.5. The average Bonchev–Trinajstić information content (AvgIpc) is 3.84. The quantitative estimate of drug-likeness (QED) is 0.332. The van der Waals surface area contributed by atoms with Gasteiger partial charge in [-0.05, 0) is 64.7 Å². The van der Waals surface area contributed by atoms with Crippen LogP contribution in [0.3, 0.4) is 0 Å². The molecule has 2 saturated carbocycles. The van der Waals surface area contributed by atoms with E-state index in [-0.39, 0.29) is 17.3 Å². The minimum Gasteiger partial charge on any atom is -0.497 e. The molecule has 1 heterocycles. The highest BCUT2D eigenvalue weighted by Crippen LogP contribution is 2.45. The standard InChI is InChI=1S/C28H34ClN5O8S/c1-7-17-14-28(17,25(37)33-43(39,40)19-12-13-19)32-23(35)20(16-8-10-18(41-6)11-9-16)34-15(2)21(29)30-22(24(34)36)31-26(38)42-27(3,4)5/h7-11,17,19-20H,1,12-14H2,2-6H3,(H,32,35)(H,33,37)(H,30,31,38)/t17-,20?,28-/m1/s1. The summed E-state index contributed by atoms with van der Waals surface area (Å²) < 4.78 is 38.7. The molecule has 232 valence electrons. The Morgan fingerprint density at radius 2 is 1.84 bits per heavy atom. The lowest BCUT2D eigenvalue weighted by molar-refractivity contribution is -0.130. The molecule has 43 heavy (non-hydrogen) atoms. The number of carbonyl (C=O) groups is 3. The second-order valence-corrected chi connectivity index (χ2v) is 13.8. The van der Waals surface area contributed by atoms with Crippen LogP contribution in [-0.2, 0) is 24.3 Å². The molecule has 2 fully saturated rings. The number of nitrogens with zero attached hydrogens (tertiary/aromatic N) is 2. The van der Waals surface area contributed by atoms with Crippen LogP contribution < -0.4 is 25.7 Å². The van der Waals surface area contributed by atoms with E-state index in [1.54, 1.807) is 45.0 Å². The fourth-order valence-electron chi connectivity index (χ4n) is 4.59. The van der Waals surface area contributed by atoms with Crippen molar-refractivity contribution < 1.29 is 32.3 Å². The molecule has 13 nitrogen and oxygen atoms in total. The fraction of sp³-hybridized carbons (Fsp3) is 0.464. The third-order valence-corrected chi connectivity index (χ3v) is 9.27. The van der Waals surface area contributed by atoms with Gasteiger partial charge in [0, 0.05) is 5.92 Å². The van der Waals surface area contributed by atoms with Crippen LogP contribution in [-0.4, -0.2) is 59.4 Å². The molecular formula is C28H34ClN5O8S. The minimum absolute atomic E-state index is 0.0863. The molecule has 2 aliphatic rings. The van der Waals surface area contributed by atoms with Crippen molar-refractivity contribution in [3.05, 3.63) is 63.7 Å². The highest BCUT2D eigenvalue weighted by molar-refractivity contribution is 7.91. The van der Waals surface area contributed by atoms with Crippen LogP contribution >= 0.6 is 11.6 Å². The molecule has 3 amide bonds. The van der Waals surface area contributed by atoms with E-state index in [0.717, 1.165) is 4.57 Å². The van der Waals surface area contributed by atoms with Crippen molar-refractivity contribution >= 4 is 45.3 Å². The van der Waals surface area contributed by atoms with Crippen LogP contribution in [0.15, 0.2) is 41.7 Å². The molecule has 4 rings (SSSR count). The van der Waals surface area contributed by atoms with Crippen molar-refractivity contribution in [3.8, 4) is 5.75 Å².